The number of aromatic nitrogens is 2. The Kier molecular flexibility index (Phi) is 5.28. The second-order valence-electron chi connectivity index (χ2n) is 6.87. The first-order valence-corrected chi connectivity index (χ1v) is 9.70. The van der Waals surface area contributed by atoms with E-state index in [1.54, 1.807) is 20.8 Å². The molecule has 1 aromatic carbocycles. The van der Waals surface area contributed by atoms with Crippen LogP contribution in [0.25, 0.3) is 0 Å². The Labute approximate surface area is 162 Å². The second kappa shape index (κ2) is 7.38. The average molecular weight is 411 g/mol. The van der Waals surface area contributed by atoms with Crippen molar-refractivity contribution in [3.05, 3.63) is 41.0 Å². The minimum atomic E-state index is -1.43. The molecule has 0 bridgehead atoms. The molecule has 150 valence electrons. The zero-order valence-electron chi connectivity index (χ0n) is 15.5. The number of rotatable bonds is 4. The molecule has 2 unspecified atom stereocenters. The topological polar surface area (TPSA) is 123 Å². The second-order valence-corrected chi connectivity index (χ2v) is 8.92. The van der Waals surface area contributed by atoms with E-state index in [2.05, 4.69) is 20.4 Å². The van der Waals surface area contributed by atoms with Gasteiger partial charge in [0.1, 0.15) is 12.3 Å². The van der Waals surface area contributed by atoms with E-state index < -0.39 is 39.1 Å². The Morgan fingerprint density at radius 2 is 2.14 bits per heavy atom. The Morgan fingerprint density at radius 3 is 2.75 bits per heavy atom. The Hall–Kier alpha value is -2.69. The third-order valence-corrected chi connectivity index (χ3v) is 6.34. The normalized spacial score (nSPS) is 21.2. The number of nitrogens with two attached hydrogens (primary N) is 1. The summed E-state index contributed by atoms with van der Waals surface area (Å²) in [5.74, 6) is -2.26. The lowest BCUT2D eigenvalue weighted by Gasteiger charge is -2.31. The predicted molar refractivity (Wildman–Crippen MR) is 99.2 cm³/mol. The van der Waals surface area contributed by atoms with Crippen LogP contribution in [0, 0.1) is 18.6 Å². The number of aryl methyl sites for hydroxylation is 1. The molecule has 2 aromatic rings. The van der Waals surface area contributed by atoms with Crippen LogP contribution in [0.15, 0.2) is 21.6 Å². The summed E-state index contributed by atoms with van der Waals surface area (Å²) in [6.45, 7) is 4.95. The summed E-state index contributed by atoms with van der Waals surface area (Å²) in [5.41, 5.74) is 5.77. The van der Waals surface area contributed by atoms with Crippen LogP contribution in [0.2, 0.25) is 0 Å². The summed E-state index contributed by atoms with van der Waals surface area (Å²) in [4.78, 5) is 20.2. The minimum absolute atomic E-state index is 0.0112. The van der Waals surface area contributed by atoms with Crippen LogP contribution in [0.3, 0.4) is 0 Å². The fourth-order valence-corrected chi connectivity index (χ4v) is 3.91. The van der Waals surface area contributed by atoms with Gasteiger partial charge in [-0.25, -0.2) is 8.78 Å². The highest BCUT2D eigenvalue weighted by molar-refractivity contribution is 7.87. The largest absolute Gasteiger partial charge is 0.386 e. The first-order valence-electron chi connectivity index (χ1n) is 8.38. The molecule has 11 heteroatoms. The Morgan fingerprint density at radius 1 is 1.43 bits per heavy atom. The van der Waals surface area contributed by atoms with E-state index in [4.69, 9.17) is 10.3 Å². The van der Waals surface area contributed by atoms with Gasteiger partial charge < -0.3 is 15.6 Å². The predicted octanol–water partition coefficient (Wildman–Crippen LogP) is 1.78. The number of amidine groups is 1. The summed E-state index contributed by atoms with van der Waals surface area (Å²) in [5, 5.41) is 6.03. The number of aliphatic imine (C=N–C) groups is 1. The van der Waals surface area contributed by atoms with E-state index in [0.717, 1.165) is 6.07 Å². The zero-order valence-corrected chi connectivity index (χ0v) is 16.3. The highest BCUT2D eigenvalue weighted by Crippen LogP contribution is 2.33. The number of nitrogens with zero attached hydrogens (tertiary/aromatic N) is 3. The van der Waals surface area contributed by atoms with Gasteiger partial charge in [0.2, 0.25) is 11.8 Å². The summed E-state index contributed by atoms with van der Waals surface area (Å²) in [7, 11) is -1.43. The van der Waals surface area contributed by atoms with E-state index in [1.807, 2.05) is 0 Å². The maximum atomic E-state index is 14.4. The first-order chi connectivity index (χ1) is 13.1. The van der Waals surface area contributed by atoms with E-state index in [9.17, 15) is 17.8 Å². The third kappa shape index (κ3) is 3.93. The molecule has 3 N–H and O–H groups in total. The molecular formula is C17H19F2N5O3S. The van der Waals surface area contributed by atoms with Gasteiger partial charge in [-0.05, 0) is 26.8 Å². The van der Waals surface area contributed by atoms with Crippen molar-refractivity contribution in [3.63, 3.8) is 0 Å². The summed E-state index contributed by atoms with van der Waals surface area (Å²) >= 11 is 0. The fraction of sp³-hybridized carbons (Fsp3) is 0.412. The molecule has 3 rings (SSSR count). The number of nitrogens with one attached hydrogen (secondary N) is 1. The molecule has 1 amide bonds. The average Bonchev–Trinajstić information content (AvgIpc) is 3.00. The minimum Gasteiger partial charge on any atom is -0.386 e. The molecule has 2 atom stereocenters. The Balaban J connectivity index is 1.86. The zero-order chi connectivity index (χ0) is 20.6. The van der Waals surface area contributed by atoms with E-state index >= 15 is 0 Å². The van der Waals surface area contributed by atoms with Crippen LogP contribution < -0.4 is 11.1 Å². The number of amides is 1. The van der Waals surface area contributed by atoms with Crippen molar-refractivity contribution < 1.29 is 22.3 Å². The third-order valence-electron chi connectivity index (χ3n) is 4.37. The van der Waals surface area contributed by atoms with Gasteiger partial charge in [-0.1, -0.05) is 5.16 Å². The van der Waals surface area contributed by atoms with Crippen LogP contribution in [-0.2, 0) is 22.0 Å². The van der Waals surface area contributed by atoms with Crippen molar-refractivity contribution in [2.45, 2.75) is 38.0 Å². The highest BCUT2D eigenvalue weighted by atomic mass is 32.2. The van der Waals surface area contributed by atoms with Crippen LogP contribution in [-0.4, -0.2) is 36.6 Å². The maximum Gasteiger partial charge on any atom is 0.236 e. The van der Waals surface area contributed by atoms with Gasteiger partial charge in [-0.3, -0.25) is 14.0 Å². The van der Waals surface area contributed by atoms with Crippen LogP contribution in [0.4, 0.5) is 14.5 Å². The molecular weight excluding hydrogens is 392 g/mol. The standard InChI is InChI=1S/C17H19F2N5O3S/c1-8-21-14(27-24-8)6-13(25)22-9-4-10(15(19)11(18)5-9)12-7-28(26)17(2,3)16(20)23-12/h4-5,12H,6-7H2,1-3H3,(H2,20,23)(H,22,25). The molecule has 1 aromatic heterocycles. The van der Waals surface area contributed by atoms with Gasteiger partial charge in [-0.2, -0.15) is 4.98 Å². The van der Waals surface area contributed by atoms with Crippen molar-refractivity contribution in [2.75, 3.05) is 11.1 Å². The maximum absolute atomic E-state index is 14.4. The van der Waals surface area contributed by atoms with Gasteiger partial charge in [0, 0.05) is 28.1 Å². The van der Waals surface area contributed by atoms with Gasteiger partial charge in [0.15, 0.2) is 17.5 Å². The smallest absolute Gasteiger partial charge is 0.236 e. The molecule has 0 saturated carbocycles. The summed E-state index contributed by atoms with van der Waals surface area (Å²) < 4.78 is 44.9. The van der Waals surface area contributed by atoms with Gasteiger partial charge >= 0.3 is 0 Å². The number of anilines is 1. The number of benzene rings is 1. The van der Waals surface area contributed by atoms with E-state index in [-0.39, 0.29) is 35.2 Å². The lowest BCUT2D eigenvalue weighted by molar-refractivity contribution is -0.115. The SMILES string of the molecule is Cc1noc(CC(=O)Nc2cc(F)c(F)c(C3CS(=O)C(C)(C)C(N)=N3)c2)n1. The number of hydrogen-bond acceptors (Lipinski definition) is 7. The van der Waals surface area contributed by atoms with Crippen molar-refractivity contribution in [3.8, 4) is 0 Å². The van der Waals surface area contributed by atoms with Crippen LogP contribution >= 0.6 is 0 Å². The quantitative estimate of drug-likeness (QED) is 0.790. The van der Waals surface area contributed by atoms with Gasteiger partial charge in [0.05, 0.1) is 16.5 Å². The molecule has 0 fully saturated rings. The Bertz CT molecular complexity index is 989. The number of hydrogen-bond donors (Lipinski definition) is 2. The number of halogens is 2. The number of carbonyl (C=O) groups excluding carboxylic acids is 1. The number of carbonyl (C=O) groups is 1. The van der Waals surface area contributed by atoms with Crippen LogP contribution in [0.1, 0.15) is 37.2 Å². The molecule has 0 saturated heterocycles. The summed E-state index contributed by atoms with van der Waals surface area (Å²) in [6, 6.07) is 1.19. The van der Waals surface area contributed by atoms with Crippen molar-refractivity contribution in [1.82, 2.24) is 10.1 Å². The van der Waals surface area contributed by atoms with Crippen LogP contribution in [0.5, 0.6) is 0 Å². The first kappa shape index (κ1) is 20.1. The molecule has 2 heterocycles. The molecule has 1 aliphatic rings. The highest BCUT2D eigenvalue weighted by Gasteiger charge is 2.38. The van der Waals surface area contributed by atoms with E-state index in [1.165, 1.54) is 6.07 Å². The van der Waals surface area contributed by atoms with Crippen molar-refractivity contribution in [2.24, 2.45) is 10.7 Å². The molecule has 1 aliphatic heterocycles. The van der Waals surface area contributed by atoms with Gasteiger partial charge in [-0.15, -0.1) is 0 Å². The molecule has 0 radical (unpaired) electrons. The molecule has 0 spiro atoms. The fourth-order valence-electron chi connectivity index (χ4n) is 2.67. The lowest BCUT2D eigenvalue weighted by Crippen LogP contribution is -2.47. The van der Waals surface area contributed by atoms with Crippen molar-refractivity contribution in [1.29, 1.82) is 0 Å². The summed E-state index contributed by atoms with van der Waals surface area (Å²) in [6.07, 6.45) is -0.220. The lowest BCUT2D eigenvalue weighted by atomic mass is 10.1. The van der Waals surface area contributed by atoms with Crippen molar-refractivity contribution >= 4 is 28.2 Å². The van der Waals surface area contributed by atoms with Gasteiger partial charge in [0.25, 0.3) is 0 Å². The molecule has 28 heavy (non-hydrogen) atoms. The molecule has 0 aliphatic carbocycles. The molecule has 8 nitrogen and oxygen atoms in total. The van der Waals surface area contributed by atoms with E-state index in [0.29, 0.717) is 5.82 Å². The monoisotopic (exact) mass is 411 g/mol.